The molecule has 2 aromatic rings. The summed E-state index contributed by atoms with van der Waals surface area (Å²) in [6.45, 7) is 3.34. The van der Waals surface area contributed by atoms with Gasteiger partial charge in [0.2, 0.25) is 0 Å². The minimum atomic E-state index is -0.127. The van der Waals surface area contributed by atoms with E-state index in [-0.39, 0.29) is 5.91 Å². The van der Waals surface area contributed by atoms with E-state index < -0.39 is 0 Å². The molecule has 1 aromatic carbocycles. The van der Waals surface area contributed by atoms with E-state index in [0.29, 0.717) is 12.3 Å². The lowest BCUT2D eigenvalue weighted by atomic mass is 10.1. The SMILES string of the molecule is Cc1c(C(=O)NCCCCCCN)oc2ccccc12. The fourth-order valence-electron chi connectivity index (χ4n) is 2.30. The van der Waals surface area contributed by atoms with Crippen LogP contribution in [0.1, 0.15) is 41.8 Å². The number of carbonyl (C=O) groups excluding carboxylic acids is 1. The Balaban J connectivity index is 1.89. The molecule has 0 bridgehead atoms. The highest BCUT2D eigenvalue weighted by atomic mass is 16.3. The smallest absolute Gasteiger partial charge is 0.287 e. The zero-order valence-electron chi connectivity index (χ0n) is 11.9. The Morgan fingerprint density at radius 2 is 1.95 bits per heavy atom. The maximum Gasteiger partial charge on any atom is 0.287 e. The summed E-state index contributed by atoms with van der Waals surface area (Å²) in [5.74, 6) is 0.297. The van der Waals surface area contributed by atoms with E-state index in [9.17, 15) is 4.79 Å². The average molecular weight is 274 g/mol. The lowest BCUT2D eigenvalue weighted by Crippen LogP contribution is -2.24. The summed E-state index contributed by atoms with van der Waals surface area (Å²) in [4.78, 5) is 12.1. The molecule has 0 aliphatic carbocycles. The Kier molecular flexibility index (Phi) is 5.18. The Morgan fingerprint density at radius 3 is 2.70 bits per heavy atom. The molecule has 0 atom stereocenters. The van der Waals surface area contributed by atoms with Crippen LogP contribution in [0.5, 0.6) is 0 Å². The second kappa shape index (κ2) is 7.10. The van der Waals surface area contributed by atoms with Crippen molar-refractivity contribution in [3.8, 4) is 0 Å². The van der Waals surface area contributed by atoms with Crippen molar-refractivity contribution in [1.29, 1.82) is 0 Å². The standard InChI is InChI=1S/C16H22N2O2/c1-12-13-8-4-5-9-14(13)20-15(12)16(19)18-11-7-3-2-6-10-17/h4-5,8-9H,2-3,6-7,10-11,17H2,1H3,(H,18,19). The third kappa shape index (κ3) is 3.39. The fraction of sp³-hybridized carbons (Fsp3) is 0.438. The molecule has 3 N–H and O–H groups in total. The molecule has 4 heteroatoms. The summed E-state index contributed by atoms with van der Waals surface area (Å²) in [5.41, 5.74) is 7.10. The van der Waals surface area contributed by atoms with Crippen LogP contribution >= 0.6 is 0 Å². The molecule has 1 heterocycles. The van der Waals surface area contributed by atoms with Gasteiger partial charge in [-0.25, -0.2) is 0 Å². The van der Waals surface area contributed by atoms with Crippen molar-refractivity contribution >= 4 is 16.9 Å². The topological polar surface area (TPSA) is 68.3 Å². The van der Waals surface area contributed by atoms with E-state index >= 15 is 0 Å². The zero-order valence-corrected chi connectivity index (χ0v) is 11.9. The second-order valence-electron chi connectivity index (χ2n) is 5.01. The first kappa shape index (κ1) is 14.6. The Bertz CT molecular complexity index is 575. The molecule has 0 aliphatic rings. The van der Waals surface area contributed by atoms with Gasteiger partial charge in [0.15, 0.2) is 5.76 Å². The Morgan fingerprint density at radius 1 is 1.20 bits per heavy atom. The van der Waals surface area contributed by atoms with E-state index in [1.807, 2.05) is 31.2 Å². The number of amides is 1. The van der Waals surface area contributed by atoms with E-state index in [4.69, 9.17) is 10.2 Å². The minimum absolute atomic E-state index is 0.127. The fourth-order valence-corrected chi connectivity index (χ4v) is 2.30. The number of nitrogens with one attached hydrogen (secondary N) is 1. The van der Waals surface area contributed by atoms with Crippen LogP contribution in [0.2, 0.25) is 0 Å². The third-order valence-electron chi connectivity index (χ3n) is 3.47. The van der Waals surface area contributed by atoms with Crippen molar-refractivity contribution in [1.82, 2.24) is 5.32 Å². The van der Waals surface area contributed by atoms with Crippen LogP contribution in [0.3, 0.4) is 0 Å². The number of benzene rings is 1. The summed E-state index contributed by atoms with van der Waals surface area (Å²) in [6, 6.07) is 7.71. The molecular weight excluding hydrogens is 252 g/mol. The summed E-state index contributed by atoms with van der Waals surface area (Å²) in [7, 11) is 0. The number of nitrogens with two attached hydrogens (primary N) is 1. The monoisotopic (exact) mass is 274 g/mol. The molecule has 1 amide bonds. The van der Waals surface area contributed by atoms with Gasteiger partial charge in [-0.2, -0.15) is 0 Å². The van der Waals surface area contributed by atoms with Crippen molar-refractivity contribution in [3.63, 3.8) is 0 Å². The highest BCUT2D eigenvalue weighted by Gasteiger charge is 2.16. The van der Waals surface area contributed by atoms with Crippen LogP contribution in [-0.4, -0.2) is 19.0 Å². The molecule has 20 heavy (non-hydrogen) atoms. The maximum absolute atomic E-state index is 12.1. The van der Waals surface area contributed by atoms with Crippen LogP contribution < -0.4 is 11.1 Å². The van der Waals surface area contributed by atoms with Gasteiger partial charge in [0.1, 0.15) is 5.58 Å². The summed E-state index contributed by atoms with van der Waals surface area (Å²) in [5, 5.41) is 3.91. The van der Waals surface area contributed by atoms with E-state index in [0.717, 1.165) is 48.8 Å². The van der Waals surface area contributed by atoms with Gasteiger partial charge < -0.3 is 15.5 Å². The predicted octanol–water partition coefficient (Wildman–Crippen LogP) is 2.99. The molecule has 0 saturated carbocycles. The Hall–Kier alpha value is -1.81. The molecule has 108 valence electrons. The number of hydrogen-bond acceptors (Lipinski definition) is 3. The Labute approximate surface area is 119 Å². The van der Waals surface area contributed by atoms with Gasteiger partial charge in [0.05, 0.1) is 0 Å². The molecule has 0 unspecified atom stereocenters. The summed E-state index contributed by atoms with van der Waals surface area (Å²) in [6.07, 6.45) is 4.24. The summed E-state index contributed by atoms with van der Waals surface area (Å²) < 4.78 is 5.63. The minimum Gasteiger partial charge on any atom is -0.451 e. The van der Waals surface area contributed by atoms with Crippen molar-refractivity contribution in [2.45, 2.75) is 32.6 Å². The number of hydrogen-bond donors (Lipinski definition) is 2. The third-order valence-corrected chi connectivity index (χ3v) is 3.47. The first-order valence-corrected chi connectivity index (χ1v) is 7.20. The molecular formula is C16H22N2O2. The van der Waals surface area contributed by atoms with Gasteiger partial charge in [0, 0.05) is 17.5 Å². The van der Waals surface area contributed by atoms with Gasteiger partial charge in [-0.1, -0.05) is 31.0 Å². The zero-order chi connectivity index (χ0) is 14.4. The number of rotatable bonds is 7. The highest BCUT2D eigenvalue weighted by molar-refractivity contribution is 5.98. The lowest BCUT2D eigenvalue weighted by molar-refractivity contribution is 0.0926. The van der Waals surface area contributed by atoms with E-state index in [1.54, 1.807) is 0 Å². The van der Waals surface area contributed by atoms with Gasteiger partial charge in [-0.05, 0) is 32.4 Å². The molecule has 4 nitrogen and oxygen atoms in total. The van der Waals surface area contributed by atoms with Crippen LogP contribution in [0.25, 0.3) is 11.0 Å². The number of aryl methyl sites for hydroxylation is 1. The number of fused-ring (bicyclic) bond motifs is 1. The number of carbonyl (C=O) groups is 1. The predicted molar refractivity (Wildman–Crippen MR) is 80.8 cm³/mol. The molecule has 2 rings (SSSR count). The van der Waals surface area contributed by atoms with Crippen molar-refractivity contribution < 1.29 is 9.21 Å². The van der Waals surface area contributed by atoms with Gasteiger partial charge in [-0.3, -0.25) is 4.79 Å². The van der Waals surface area contributed by atoms with Crippen LogP contribution in [0.4, 0.5) is 0 Å². The van der Waals surface area contributed by atoms with Crippen molar-refractivity contribution in [2.24, 2.45) is 5.73 Å². The van der Waals surface area contributed by atoms with E-state index in [2.05, 4.69) is 5.32 Å². The molecule has 0 fully saturated rings. The molecule has 1 aromatic heterocycles. The van der Waals surface area contributed by atoms with Crippen LogP contribution in [0, 0.1) is 6.92 Å². The second-order valence-corrected chi connectivity index (χ2v) is 5.01. The average Bonchev–Trinajstić information content (AvgIpc) is 2.80. The quantitative estimate of drug-likeness (QED) is 0.763. The van der Waals surface area contributed by atoms with Gasteiger partial charge in [-0.15, -0.1) is 0 Å². The molecule has 0 spiro atoms. The summed E-state index contributed by atoms with van der Waals surface area (Å²) >= 11 is 0. The largest absolute Gasteiger partial charge is 0.451 e. The normalized spacial score (nSPS) is 10.9. The molecule has 0 aliphatic heterocycles. The molecule has 0 radical (unpaired) electrons. The lowest BCUT2D eigenvalue weighted by Gasteiger charge is -2.03. The van der Waals surface area contributed by atoms with Crippen molar-refractivity contribution in [3.05, 3.63) is 35.6 Å². The molecule has 0 saturated heterocycles. The van der Waals surface area contributed by atoms with Gasteiger partial charge >= 0.3 is 0 Å². The number of furan rings is 1. The number of unbranched alkanes of at least 4 members (excludes halogenated alkanes) is 3. The maximum atomic E-state index is 12.1. The van der Waals surface area contributed by atoms with Crippen LogP contribution in [-0.2, 0) is 0 Å². The first-order chi connectivity index (χ1) is 9.74. The van der Waals surface area contributed by atoms with Gasteiger partial charge in [0.25, 0.3) is 5.91 Å². The highest BCUT2D eigenvalue weighted by Crippen LogP contribution is 2.24. The van der Waals surface area contributed by atoms with Crippen LogP contribution in [0.15, 0.2) is 28.7 Å². The van der Waals surface area contributed by atoms with Crippen molar-refractivity contribution in [2.75, 3.05) is 13.1 Å². The first-order valence-electron chi connectivity index (χ1n) is 7.20. The number of para-hydroxylation sites is 1. The van der Waals surface area contributed by atoms with E-state index in [1.165, 1.54) is 0 Å².